The van der Waals surface area contributed by atoms with Gasteiger partial charge < -0.3 is 13.9 Å². The lowest BCUT2D eigenvalue weighted by Gasteiger charge is -2.26. The van der Waals surface area contributed by atoms with E-state index < -0.39 is 0 Å². The molecule has 10 aromatic rings. The summed E-state index contributed by atoms with van der Waals surface area (Å²) in [6.45, 7) is 0. The van der Waals surface area contributed by atoms with Gasteiger partial charge in [-0.05, 0) is 94.7 Å². The van der Waals surface area contributed by atoms with Crippen molar-refractivity contribution in [1.29, 1.82) is 0 Å². The second kappa shape index (κ2) is 11.0. The number of anilines is 3. The Hall–Kier alpha value is -6.58. The zero-order valence-electron chi connectivity index (χ0n) is 26.6. The number of hydrogen-bond acceptors (Lipinski definition) is 2. The summed E-state index contributed by atoms with van der Waals surface area (Å²) in [5.74, 6) is 0. The number of fused-ring (bicyclic) bond motifs is 7. The standard InChI is InChI=1S/C46H30N2O/c1-3-11-31(12-4-1)32-19-22-36(23-20-32)47(38-25-26-41-40-16-8-10-18-45(40)49-46(41)30-38)37-24-21-33-28-42-39-15-7-9-17-43(39)48(35-13-5-2-6-14-35)44(42)29-34(33)27-37/h1-30H. The molecule has 0 fully saturated rings. The molecule has 2 aromatic heterocycles. The summed E-state index contributed by atoms with van der Waals surface area (Å²) >= 11 is 0. The molecule has 0 aliphatic heterocycles. The molecule has 3 nitrogen and oxygen atoms in total. The molecule has 0 radical (unpaired) electrons. The molecule has 0 spiro atoms. The van der Waals surface area contributed by atoms with E-state index in [9.17, 15) is 0 Å². The molecule has 3 heteroatoms. The van der Waals surface area contributed by atoms with Gasteiger partial charge in [-0.2, -0.15) is 0 Å². The van der Waals surface area contributed by atoms with E-state index in [1.54, 1.807) is 0 Å². The van der Waals surface area contributed by atoms with E-state index in [-0.39, 0.29) is 0 Å². The Morgan fingerprint density at radius 3 is 1.84 bits per heavy atom. The first-order valence-corrected chi connectivity index (χ1v) is 16.7. The van der Waals surface area contributed by atoms with Gasteiger partial charge in [0.05, 0.1) is 11.0 Å². The van der Waals surface area contributed by atoms with Crippen molar-refractivity contribution in [2.75, 3.05) is 4.90 Å². The van der Waals surface area contributed by atoms with Crippen LogP contribution in [0.25, 0.3) is 71.3 Å². The Balaban J connectivity index is 1.18. The summed E-state index contributed by atoms with van der Waals surface area (Å²) in [5, 5.41) is 7.15. The molecule has 2 heterocycles. The summed E-state index contributed by atoms with van der Waals surface area (Å²) < 4.78 is 8.75. The van der Waals surface area contributed by atoms with Gasteiger partial charge in [-0.25, -0.2) is 0 Å². The zero-order chi connectivity index (χ0) is 32.3. The topological polar surface area (TPSA) is 21.3 Å². The van der Waals surface area contributed by atoms with Crippen molar-refractivity contribution in [1.82, 2.24) is 4.57 Å². The summed E-state index contributed by atoms with van der Waals surface area (Å²) in [6, 6.07) is 65.0. The maximum Gasteiger partial charge on any atom is 0.137 e. The first-order chi connectivity index (χ1) is 24.3. The summed E-state index contributed by atoms with van der Waals surface area (Å²) in [4.78, 5) is 2.33. The number of furan rings is 1. The van der Waals surface area contributed by atoms with Gasteiger partial charge in [0.15, 0.2) is 0 Å². The van der Waals surface area contributed by atoms with Gasteiger partial charge in [-0.3, -0.25) is 0 Å². The number of aromatic nitrogens is 1. The van der Waals surface area contributed by atoms with E-state index in [1.807, 2.05) is 12.1 Å². The van der Waals surface area contributed by atoms with E-state index in [2.05, 4.69) is 179 Å². The molecule has 0 amide bonds. The number of benzene rings is 8. The van der Waals surface area contributed by atoms with Crippen molar-refractivity contribution in [3.05, 3.63) is 182 Å². The third kappa shape index (κ3) is 4.51. The molecular weight excluding hydrogens is 597 g/mol. The monoisotopic (exact) mass is 626 g/mol. The molecule has 230 valence electrons. The third-order valence-corrected chi connectivity index (χ3v) is 9.74. The van der Waals surface area contributed by atoms with Gasteiger partial charge in [0.2, 0.25) is 0 Å². The van der Waals surface area contributed by atoms with Gasteiger partial charge in [-0.15, -0.1) is 0 Å². The average Bonchev–Trinajstić information content (AvgIpc) is 3.70. The van der Waals surface area contributed by atoms with Gasteiger partial charge in [0.1, 0.15) is 11.2 Å². The summed E-state index contributed by atoms with van der Waals surface area (Å²) in [5.41, 5.74) is 10.9. The predicted octanol–water partition coefficient (Wildman–Crippen LogP) is 13.0. The Kier molecular flexibility index (Phi) is 6.18. The molecule has 0 bridgehead atoms. The molecule has 8 aromatic carbocycles. The van der Waals surface area contributed by atoms with Gasteiger partial charge >= 0.3 is 0 Å². The van der Waals surface area contributed by atoms with E-state index >= 15 is 0 Å². The minimum Gasteiger partial charge on any atom is -0.456 e. The van der Waals surface area contributed by atoms with E-state index in [1.165, 1.54) is 43.7 Å². The normalized spacial score (nSPS) is 11.7. The van der Waals surface area contributed by atoms with Crippen LogP contribution in [-0.4, -0.2) is 4.57 Å². The van der Waals surface area contributed by atoms with Crippen LogP contribution in [0, 0.1) is 0 Å². The highest BCUT2D eigenvalue weighted by Gasteiger charge is 2.18. The molecule has 49 heavy (non-hydrogen) atoms. The van der Waals surface area contributed by atoms with Crippen LogP contribution in [-0.2, 0) is 0 Å². The van der Waals surface area contributed by atoms with Gasteiger partial charge in [-0.1, -0.05) is 103 Å². The molecular formula is C46H30N2O. The third-order valence-electron chi connectivity index (χ3n) is 9.74. The van der Waals surface area contributed by atoms with Crippen LogP contribution in [0.2, 0.25) is 0 Å². The van der Waals surface area contributed by atoms with Crippen LogP contribution < -0.4 is 4.90 Å². The summed E-state index contributed by atoms with van der Waals surface area (Å²) in [6.07, 6.45) is 0. The molecule has 0 saturated heterocycles. The van der Waals surface area contributed by atoms with Crippen molar-refractivity contribution < 1.29 is 4.42 Å². The lowest BCUT2D eigenvalue weighted by Crippen LogP contribution is -2.09. The molecule has 0 saturated carbocycles. The van der Waals surface area contributed by atoms with Crippen LogP contribution in [0.4, 0.5) is 17.1 Å². The van der Waals surface area contributed by atoms with Crippen molar-refractivity contribution in [3.63, 3.8) is 0 Å². The highest BCUT2D eigenvalue weighted by molar-refractivity contribution is 6.14. The Labute approximate surface area is 283 Å². The first kappa shape index (κ1) is 27.5. The fourth-order valence-corrected chi connectivity index (χ4v) is 7.43. The van der Waals surface area contributed by atoms with E-state index in [0.717, 1.165) is 44.7 Å². The number of hydrogen-bond donors (Lipinski definition) is 0. The van der Waals surface area contributed by atoms with Crippen molar-refractivity contribution in [2.24, 2.45) is 0 Å². The Morgan fingerprint density at radius 1 is 0.367 bits per heavy atom. The molecule has 10 rings (SSSR count). The maximum atomic E-state index is 6.36. The van der Waals surface area contributed by atoms with E-state index in [4.69, 9.17) is 4.42 Å². The van der Waals surface area contributed by atoms with Crippen molar-refractivity contribution >= 4 is 71.6 Å². The zero-order valence-corrected chi connectivity index (χ0v) is 26.6. The van der Waals surface area contributed by atoms with Crippen LogP contribution in [0.5, 0.6) is 0 Å². The van der Waals surface area contributed by atoms with Gasteiger partial charge in [0.25, 0.3) is 0 Å². The highest BCUT2D eigenvalue weighted by atomic mass is 16.3. The fourth-order valence-electron chi connectivity index (χ4n) is 7.43. The minimum atomic E-state index is 0.875. The minimum absolute atomic E-state index is 0.875. The second-order valence-electron chi connectivity index (χ2n) is 12.6. The number of rotatable bonds is 5. The van der Waals surface area contributed by atoms with Crippen LogP contribution >= 0.6 is 0 Å². The average molecular weight is 627 g/mol. The van der Waals surface area contributed by atoms with Crippen molar-refractivity contribution in [3.8, 4) is 16.8 Å². The molecule has 0 N–H and O–H groups in total. The highest BCUT2D eigenvalue weighted by Crippen LogP contribution is 2.41. The predicted molar refractivity (Wildman–Crippen MR) is 206 cm³/mol. The molecule has 0 aliphatic rings. The molecule has 0 unspecified atom stereocenters. The Bertz CT molecular complexity index is 2810. The number of nitrogens with zero attached hydrogens (tertiary/aromatic N) is 2. The number of para-hydroxylation sites is 3. The smallest absolute Gasteiger partial charge is 0.137 e. The quantitative estimate of drug-likeness (QED) is 0.190. The van der Waals surface area contributed by atoms with Crippen molar-refractivity contribution in [2.45, 2.75) is 0 Å². The lowest BCUT2D eigenvalue weighted by atomic mass is 10.0. The van der Waals surface area contributed by atoms with Crippen LogP contribution in [0.3, 0.4) is 0 Å². The first-order valence-electron chi connectivity index (χ1n) is 16.7. The van der Waals surface area contributed by atoms with E-state index in [0.29, 0.717) is 0 Å². The maximum absolute atomic E-state index is 6.36. The summed E-state index contributed by atoms with van der Waals surface area (Å²) in [7, 11) is 0. The second-order valence-corrected chi connectivity index (χ2v) is 12.6. The lowest BCUT2D eigenvalue weighted by molar-refractivity contribution is 0.669. The van der Waals surface area contributed by atoms with Gasteiger partial charge in [0, 0.05) is 50.4 Å². The molecule has 0 aliphatic carbocycles. The fraction of sp³-hybridized carbons (Fsp3) is 0. The Morgan fingerprint density at radius 2 is 1.00 bits per heavy atom. The molecule has 0 atom stereocenters. The van der Waals surface area contributed by atoms with Crippen LogP contribution in [0.15, 0.2) is 186 Å². The van der Waals surface area contributed by atoms with Crippen LogP contribution in [0.1, 0.15) is 0 Å². The SMILES string of the molecule is c1ccc(-c2ccc(N(c3ccc4cc5c6ccccc6n(-c6ccccc6)c5cc4c3)c3ccc4c(c3)oc3ccccc34)cc2)cc1. The largest absolute Gasteiger partial charge is 0.456 e.